The van der Waals surface area contributed by atoms with Gasteiger partial charge in [0.15, 0.2) is 11.5 Å². The van der Waals surface area contributed by atoms with Crippen molar-refractivity contribution in [3.63, 3.8) is 0 Å². The quantitative estimate of drug-likeness (QED) is 0.724. The van der Waals surface area contributed by atoms with E-state index in [9.17, 15) is 9.90 Å². The maximum absolute atomic E-state index is 11.7. The van der Waals surface area contributed by atoms with E-state index in [2.05, 4.69) is 15.0 Å². The number of fused-ring (bicyclic) bond motifs is 1. The number of ether oxygens (including phenoxy) is 2. The highest BCUT2D eigenvalue weighted by Gasteiger charge is 2.41. The number of carbonyl (C=O) groups is 1. The van der Waals surface area contributed by atoms with Crippen molar-refractivity contribution in [2.75, 3.05) is 19.5 Å². The van der Waals surface area contributed by atoms with Gasteiger partial charge in [0.1, 0.15) is 18.1 Å². The number of aromatic nitrogens is 4. The van der Waals surface area contributed by atoms with Crippen molar-refractivity contribution in [3.8, 4) is 0 Å². The number of aliphatic hydroxyl groups excluding tert-OH is 1. The van der Waals surface area contributed by atoms with Crippen molar-refractivity contribution >= 4 is 23.0 Å². The zero-order valence-electron chi connectivity index (χ0n) is 11.3. The van der Waals surface area contributed by atoms with Crippen LogP contribution in [0.15, 0.2) is 12.7 Å². The van der Waals surface area contributed by atoms with Gasteiger partial charge in [0.05, 0.1) is 32.1 Å². The monoisotopic (exact) mass is 293 g/mol. The summed E-state index contributed by atoms with van der Waals surface area (Å²) in [5.41, 5.74) is 6.73. The molecule has 1 fully saturated rings. The smallest absolute Gasteiger partial charge is 0.311 e. The molecule has 21 heavy (non-hydrogen) atoms. The number of esters is 1. The Morgan fingerprint density at radius 3 is 3.10 bits per heavy atom. The summed E-state index contributed by atoms with van der Waals surface area (Å²) >= 11 is 0. The van der Waals surface area contributed by atoms with Crippen LogP contribution < -0.4 is 5.73 Å². The molecule has 0 bridgehead atoms. The number of imidazole rings is 1. The van der Waals surface area contributed by atoms with Crippen LogP contribution in [0.2, 0.25) is 0 Å². The van der Waals surface area contributed by atoms with Gasteiger partial charge in [-0.25, -0.2) is 15.0 Å². The number of carbonyl (C=O) groups excluding carboxylic acids is 1. The maximum atomic E-state index is 11.7. The highest BCUT2D eigenvalue weighted by atomic mass is 16.5. The summed E-state index contributed by atoms with van der Waals surface area (Å²) in [7, 11) is 1.31. The Kier molecular flexibility index (Phi) is 3.43. The summed E-state index contributed by atoms with van der Waals surface area (Å²) in [6.45, 7) is -0.264. The number of methoxy groups -OCH3 is 1. The molecule has 3 atom stereocenters. The largest absolute Gasteiger partial charge is 0.469 e. The molecule has 1 saturated heterocycles. The molecule has 2 aromatic heterocycles. The van der Waals surface area contributed by atoms with Gasteiger partial charge in [-0.05, 0) is 0 Å². The van der Waals surface area contributed by atoms with Crippen LogP contribution >= 0.6 is 0 Å². The van der Waals surface area contributed by atoms with Gasteiger partial charge in [-0.15, -0.1) is 0 Å². The first kappa shape index (κ1) is 13.7. The number of nitrogens with zero attached hydrogens (tertiary/aromatic N) is 4. The molecular formula is C12H15N5O4. The fourth-order valence-electron chi connectivity index (χ4n) is 2.55. The van der Waals surface area contributed by atoms with Gasteiger partial charge >= 0.3 is 5.97 Å². The molecule has 0 spiro atoms. The van der Waals surface area contributed by atoms with Crippen LogP contribution in [0.4, 0.5) is 5.82 Å². The summed E-state index contributed by atoms with van der Waals surface area (Å²) in [4.78, 5) is 23.9. The summed E-state index contributed by atoms with van der Waals surface area (Å²) in [5.74, 6) is -0.656. The highest BCUT2D eigenvalue weighted by molar-refractivity contribution is 5.81. The number of rotatable bonds is 3. The first-order valence-electron chi connectivity index (χ1n) is 6.42. The molecule has 9 heteroatoms. The average molecular weight is 293 g/mol. The maximum Gasteiger partial charge on any atom is 0.311 e. The summed E-state index contributed by atoms with van der Waals surface area (Å²) in [6.07, 6.45) is 2.16. The van der Waals surface area contributed by atoms with Crippen molar-refractivity contribution in [1.29, 1.82) is 0 Å². The second-order valence-electron chi connectivity index (χ2n) is 4.76. The third-order valence-electron chi connectivity index (χ3n) is 3.62. The summed E-state index contributed by atoms with van der Waals surface area (Å²) < 4.78 is 12.1. The van der Waals surface area contributed by atoms with E-state index in [1.54, 1.807) is 4.57 Å². The Labute approximate surface area is 119 Å². The molecule has 1 aliphatic rings. The van der Waals surface area contributed by atoms with E-state index in [-0.39, 0.29) is 12.4 Å². The Morgan fingerprint density at radius 2 is 2.38 bits per heavy atom. The predicted octanol–water partition coefficient (Wildman–Crippen LogP) is -0.523. The second-order valence-corrected chi connectivity index (χ2v) is 4.76. The number of nitrogens with two attached hydrogens (primary N) is 1. The van der Waals surface area contributed by atoms with E-state index in [4.69, 9.17) is 15.2 Å². The van der Waals surface area contributed by atoms with Crippen molar-refractivity contribution < 1.29 is 19.4 Å². The van der Waals surface area contributed by atoms with Gasteiger partial charge in [0, 0.05) is 6.42 Å². The Balaban J connectivity index is 1.93. The molecule has 1 aliphatic heterocycles. The molecule has 0 radical (unpaired) electrons. The van der Waals surface area contributed by atoms with Crippen LogP contribution in [0.1, 0.15) is 12.6 Å². The number of aliphatic hydroxyl groups is 1. The number of nitrogen functional groups attached to an aromatic ring is 1. The highest BCUT2D eigenvalue weighted by Crippen LogP contribution is 2.35. The van der Waals surface area contributed by atoms with Gasteiger partial charge in [-0.3, -0.25) is 9.36 Å². The predicted molar refractivity (Wildman–Crippen MR) is 70.9 cm³/mol. The minimum Gasteiger partial charge on any atom is -0.469 e. The van der Waals surface area contributed by atoms with E-state index < -0.39 is 24.2 Å². The summed E-state index contributed by atoms with van der Waals surface area (Å²) in [5, 5.41) is 9.35. The van der Waals surface area contributed by atoms with Gasteiger partial charge in [0.25, 0.3) is 0 Å². The normalized spacial score (nSPS) is 25.3. The lowest BCUT2D eigenvalue weighted by Crippen LogP contribution is -2.28. The SMILES string of the molecule is COC(=O)[C@H]1C[C@H](n2cnc3c(N)ncnc32)O[C@@H]1CO. The third kappa shape index (κ3) is 2.20. The first-order valence-corrected chi connectivity index (χ1v) is 6.42. The second kappa shape index (κ2) is 5.26. The Morgan fingerprint density at radius 1 is 1.57 bits per heavy atom. The molecule has 3 heterocycles. The van der Waals surface area contributed by atoms with Crippen LogP contribution in [0.3, 0.4) is 0 Å². The van der Waals surface area contributed by atoms with Gasteiger partial charge in [-0.1, -0.05) is 0 Å². The number of hydrogen-bond acceptors (Lipinski definition) is 8. The standard InChI is InChI=1S/C12H15N5O4/c1-20-12(19)6-2-8(21-7(6)3-18)17-5-16-9-10(13)14-4-15-11(9)17/h4-8,18H,2-3H2,1H3,(H2,13,14,15)/t6-,7+,8+/m0/s1. The lowest BCUT2D eigenvalue weighted by molar-refractivity contribution is -0.148. The zero-order chi connectivity index (χ0) is 15.0. The van der Waals surface area contributed by atoms with E-state index in [0.717, 1.165) is 0 Å². The fraction of sp³-hybridized carbons (Fsp3) is 0.500. The summed E-state index contributed by atoms with van der Waals surface area (Å²) in [6, 6.07) is 0. The molecule has 2 aromatic rings. The van der Waals surface area contributed by atoms with Crippen LogP contribution in [0.5, 0.6) is 0 Å². The van der Waals surface area contributed by atoms with Crippen molar-refractivity contribution in [3.05, 3.63) is 12.7 Å². The molecular weight excluding hydrogens is 278 g/mol. The number of anilines is 1. The zero-order valence-corrected chi connectivity index (χ0v) is 11.3. The van der Waals surface area contributed by atoms with E-state index in [1.165, 1.54) is 19.8 Å². The van der Waals surface area contributed by atoms with E-state index in [0.29, 0.717) is 17.6 Å². The minimum absolute atomic E-state index is 0.264. The molecule has 9 nitrogen and oxygen atoms in total. The van der Waals surface area contributed by atoms with Crippen molar-refractivity contribution in [2.24, 2.45) is 5.92 Å². The van der Waals surface area contributed by atoms with E-state index in [1.807, 2.05) is 0 Å². The molecule has 3 rings (SSSR count). The van der Waals surface area contributed by atoms with Crippen molar-refractivity contribution in [1.82, 2.24) is 19.5 Å². The van der Waals surface area contributed by atoms with Crippen LogP contribution in [0.25, 0.3) is 11.2 Å². The Bertz CT molecular complexity index is 673. The number of hydrogen-bond donors (Lipinski definition) is 2. The first-order chi connectivity index (χ1) is 10.2. The Hall–Kier alpha value is -2.26. The van der Waals surface area contributed by atoms with Crippen LogP contribution in [-0.2, 0) is 14.3 Å². The molecule has 0 aromatic carbocycles. The molecule has 112 valence electrons. The molecule has 0 aliphatic carbocycles. The van der Waals surface area contributed by atoms with Gasteiger partial charge in [0.2, 0.25) is 0 Å². The molecule has 3 N–H and O–H groups in total. The fourth-order valence-corrected chi connectivity index (χ4v) is 2.55. The van der Waals surface area contributed by atoms with Gasteiger partial charge in [-0.2, -0.15) is 0 Å². The van der Waals surface area contributed by atoms with Crippen LogP contribution in [0, 0.1) is 5.92 Å². The minimum atomic E-state index is -0.612. The topological polar surface area (TPSA) is 125 Å². The van der Waals surface area contributed by atoms with Crippen molar-refractivity contribution in [2.45, 2.75) is 18.8 Å². The third-order valence-corrected chi connectivity index (χ3v) is 3.62. The molecule has 0 unspecified atom stereocenters. The van der Waals surface area contributed by atoms with E-state index >= 15 is 0 Å². The lowest BCUT2D eigenvalue weighted by Gasteiger charge is -2.14. The molecule has 0 amide bonds. The average Bonchev–Trinajstić information content (AvgIpc) is 3.10. The lowest BCUT2D eigenvalue weighted by atomic mass is 10.0. The van der Waals surface area contributed by atoms with Crippen LogP contribution in [-0.4, -0.2) is 50.4 Å². The van der Waals surface area contributed by atoms with Gasteiger partial charge < -0.3 is 20.3 Å². The molecule has 0 saturated carbocycles.